The summed E-state index contributed by atoms with van der Waals surface area (Å²) in [6, 6.07) is 13.1. The Morgan fingerprint density at radius 1 is 1.28 bits per heavy atom. The fourth-order valence-electron chi connectivity index (χ4n) is 1.70. The fourth-order valence-corrected chi connectivity index (χ4v) is 1.70. The first kappa shape index (κ1) is 12.2. The molecule has 1 heterocycles. The Balaban J connectivity index is 2.12. The normalized spacial score (nSPS) is 11.8. The molecule has 1 aromatic heterocycles. The molecular formula is C14H15NO3. The topological polar surface area (TPSA) is 51.5 Å². The third kappa shape index (κ3) is 3.13. The molecule has 0 radical (unpaired) electrons. The van der Waals surface area contributed by atoms with Crippen molar-refractivity contribution in [2.75, 3.05) is 12.4 Å². The third-order valence-electron chi connectivity index (χ3n) is 2.60. The summed E-state index contributed by atoms with van der Waals surface area (Å²) in [6.07, 6.45) is 1.81. The Morgan fingerprint density at radius 3 is 2.67 bits per heavy atom. The average Bonchev–Trinajstić information content (AvgIpc) is 2.93. The number of rotatable bonds is 5. The third-order valence-corrected chi connectivity index (χ3v) is 2.60. The highest BCUT2D eigenvalue weighted by molar-refractivity contribution is 5.70. The summed E-state index contributed by atoms with van der Waals surface area (Å²) in [4.78, 5) is 11.4. The van der Waals surface area contributed by atoms with E-state index in [-0.39, 0.29) is 18.4 Å². The second-order valence-electron chi connectivity index (χ2n) is 3.86. The van der Waals surface area contributed by atoms with Gasteiger partial charge in [-0.05, 0) is 24.3 Å². The summed E-state index contributed by atoms with van der Waals surface area (Å²) < 4.78 is 10.0. The van der Waals surface area contributed by atoms with Crippen LogP contribution in [0.2, 0.25) is 0 Å². The van der Waals surface area contributed by atoms with Gasteiger partial charge in [-0.2, -0.15) is 0 Å². The van der Waals surface area contributed by atoms with E-state index in [1.54, 1.807) is 12.3 Å². The molecule has 0 saturated carbocycles. The maximum absolute atomic E-state index is 11.4. The maximum Gasteiger partial charge on any atom is 0.308 e. The lowest BCUT2D eigenvalue weighted by molar-refractivity contribution is -0.141. The highest BCUT2D eigenvalue weighted by Crippen LogP contribution is 2.23. The largest absolute Gasteiger partial charge is 0.469 e. The van der Waals surface area contributed by atoms with Crippen molar-refractivity contribution in [2.45, 2.75) is 12.5 Å². The van der Waals surface area contributed by atoms with Crippen LogP contribution in [0.3, 0.4) is 0 Å². The minimum absolute atomic E-state index is 0.221. The molecule has 0 fully saturated rings. The Bertz CT molecular complexity index is 479. The van der Waals surface area contributed by atoms with Crippen LogP contribution in [0, 0.1) is 0 Å². The van der Waals surface area contributed by atoms with Gasteiger partial charge in [-0.15, -0.1) is 0 Å². The first-order valence-electron chi connectivity index (χ1n) is 5.71. The van der Waals surface area contributed by atoms with Crippen molar-refractivity contribution in [1.29, 1.82) is 0 Å². The zero-order valence-electron chi connectivity index (χ0n) is 10.1. The summed E-state index contributed by atoms with van der Waals surface area (Å²) in [5, 5.41) is 3.25. The zero-order valence-corrected chi connectivity index (χ0v) is 10.1. The van der Waals surface area contributed by atoms with Gasteiger partial charge in [-0.3, -0.25) is 4.79 Å². The van der Waals surface area contributed by atoms with Gasteiger partial charge in [-0.25, -0.2) is 0 Å². The molecule has 1 unspecified atom stereocenters. The van der Waals surface area contributed by atoms with Gasteiger partial charge in [-0.1, -0.05) is 18.2 Å². The highest BCUT2D eigenvalue weighted by Gasteiger charge is 2.18. The number of benzene rings is 1. The Morgan fingerprint density at radius 2 is 2.06 bits per heavy atom. The monoisotopic (exact) mass is 245 g/mol. The van der Waals surface area contributed by atoms with Gasteiger partial charge in [0, 0.05) is 5.69 Å². The number of hydrogen-bond donors (Lipinski definition) is 1. The molecule has 0 bridgehead atoms. The van der Waals surface area contributed by atoms with Crippen molar-refractivity contribution in [3.63, 3.8) is 0 Å². The molecule has 0 aliphatic carbocycles. The Labute approximate surface area is 106 Å². The van der Waals surface area contributed by atoms with Crippen molar-refractivity contribution < 1.29 is 13.9 Å². The van der Waals surface area contributed by atoms with Gasteiger partial charge in [0.1, 0.15) is 5.76 Å². The number of nitrogens with one attached hydrogen (secondary N) is 1. The van der Waals surface area contributed by atoms with Crippen molar-refractivity contribution in [3.8, 4) is 0 Å². The molecule has 2 rings (SSSR count). The van der Waals surface area contributed by atoms with E-state index in [9.17, 15) is 4.79 Å². The van der Waals surface area contributed by atoms with Crippen LogP contribution in [0.4, 0.5) is 5.69 Å². The van der Waals surface area contributed by atoms with E-state index < -0.39 is 0 Å². The van der Waals surface area contributed by atoms with E-state index in [4.69, 9.17) is 9.15 Å². The summed E-state index contributed by atoms with van der Waals surface area (Å²) in [6.45, 7) is 0. The number of ether oxygens (including phenoxy) is 1. The van der Waals surface area contributed by atoms with Crippen molar-refractivity contribution in [3.05, 3.63) is 54.5 Å². The lowest BCUT2D eigenvalue weighted by atomic mass is 10.1. The van der Waals surface area contributed by atoms with Gasteiger partial charge in [0.15, 0.2) is 0 Å². The van der Waals surface area contributed by atoms with E-state index in [2.05, 4.69) is 5.32 Å². The smallest absolute Gasteiger partial charge is 0.308 e. The van der Waals surface area contributed by atoms with E-state index in [1.807, 2.05) is 36.4 Å². The standard InChI is InChI=1S/C14H15NO3/c1-17-14(16)10-12(13-8-5-9-18-13)15-11-6-3-2-4-7-11/h2-9,12,15H,10H2,1H3. The predicted octanol–water partition coefficient (Wildman–Crippen LogP) is 3.00. The SMILES string of the molecule is COC(=O)CC(Nc1ccccc1)c1ccco1. The lowest BCUT2D eigenvalue weighted by Gasteiger charge is -2.16. The summed E-state index contributed by atoms with van der Waals surface area (Å²) >= 11 is 0. The van der Waals surface area contributed by atoms with Crippen LogP contribution in [-0.4, -0.2) is 13.1 Å². The van der Waals surface area contributed by atoms with Crippen LogP contribution < -0.4 is 5.32 Å². The molecule has 0 amide bonds. The predicted molar refractivity (Wildman–Crippen MR) is 68.1 cm³/mol. The van der Waals surface area contributed by atoms with Gasteiger partial charge in [0.05, 0.1) is 25.8 Å². The number of carbonyl (C=O) groups is 1. The molecule has 0 aliphatic rings. The van der Waals surface area contributed by atoms with Gasteiger partial charge >= 0.3 is 5.97 Å². The summed E-state index contributed by atoms with van der Waals surface area (Å²) in [5.74, 6) is 0.434. The van der Waals surface area contributed by atoms with Crippen molar-refractivity contribution >= 4 is 11.7 Å². The summed E-state index contributed by atoms with van der Waals surface area (Å²) in [7, 11) is 1.38. The summed E-state index contributed by atoms with van der Waals surface area (Å²) in [5.41, 5.74) is 0.933. The minimum atomic E-state index is -0.278. The van der Waals surface area contributed by atoms with E-state index in [0.717, 1.165) is 5.69 Å². The molecule has 18 heavy (non-hydrogen) atoms. The highest BCUT2D eigenvalue weighted by atomic mass is 16.5. The van der Waals surface area contributed by atoms with Crippen LogP contribution >= 0.6 is 0 Å². The number of para-hydroxylation sites is 1. The molecule has 94 valence electrons. The van der Waals surface area contributed by atoms with E-state index in [0.29, 0.717) is 5.76 Å². The number of methoxy groups -OCH3 is 1. The molecule has 1 N–H and O–H groups in total. The molecule has 1 aromatic carbocycles. The molecule has 4 heteroatoms. The molecule has 1 atom stereocenters. The van der Waals surface area contributed by atoms with Crippen LogP contribution in [0.5, 0.6) is 0 Å². The van der Waals surface area contributed by atoms with Crippen LogP contribution in [0.25, 0.3) is 0 Å². The zero-order chi connectivity index (χ0) is 12.8. The molecule has 0 saturated heterocycles. The van der Waals surface area contributed by atoms with Gasteiger partial charge in [0.2, 0.25) is 0 Å². The number of esters is 1. The second-order valence-corrected chi connectivity index (χ2v) is 3.86. The van der Waals surface area contributed by atoms with Crippen LogP contribution in [0.1, 0.15) is 18.2 Å². The quantitative estimate of drug-likeness (QED) is 0.823. The first-order chi connectivity index (χ1) is 8.79. The number of anilines is 1. The second kappa shape index (κ2) is 5.91. The average molecular weight is 245 g/mol. The Hall–Kier alpha value is -2.23. The van der Waals surface area contributed by atoms with Crippen LogP contribution in [-0.2, 0) is 9.53 Å². The van der Waals surface area contributed by atoms with Gasteiger partial charge < -0.3 is 14.5 Å². The van der Waals surface area contributed by atoms with E-state index in [1.165, 1.54) is 7.11 Å². The maximum atomic E-state index is 11.4. The van der Waals surface area contributed by atoms with Crippen molar-refractivity contribution in [2.24, 2.45) is 0 Å². The molecule has 0 spiro atoms. The molecular weight excluding hydrogens is 230 g/mol. The van der Waals surface area contributed by atoms with Crippen LogP contribution in [0.15, 0.2) is 53.1 Å². The molecule has 0 aliphatic heterocycles. The minimum Gasteiger partial charge on any atom is -0.469 e. The Kier molecular flexibility index (Phi) is 4.02. The van der Waals surface area contributed by atoms with E-state index >= 15 is 0 Å². The van der Waals surface area contributed by atoms with Crippen molar-refractivity contribution in [1.82, 2.24) is 0 Å². The fraction of sp³-hybridized carbons (Fsp3) is 0.214. The van der Waals surface area contributed by atoms with Gasteiger partial charge in [0.25, 0.3) is 0 Å². The molecule has 4 nitrogen and oxygen atoms in total. The molecule has 2 aromatic rings. The number of hydrogen-bond acceptors (Lipinski definition) is 4. The lowest BCUT2D eigenvalue weighted by Crippen LogP contribution is -2.15. The number of furan rings is 1. The number of carbonyl (C=O) groups excluding carboxylic acids is 1. The first-order valence-corrected chi connectivity index (χ1v) is 5.71.